The Labute approximate surface area is 131 Å². The van der Waals surface area contributed by atoms with Crippen LogP contribution in [0.4, 0.5) is 0 Å². The molecule has 0 bridgehead atoms. The Bertz CT molecular complexity index is 271. The lowest BCUT2D eigenvalue weighted by atomic mass is 9.89. The zero-order valence-corrected chi connectivity index (χ0v) is 15.1. The third-order valence-corrected chi connectivity index (χ3v) is 3.13. The lowest BCUT2D eigenvalue weighted by Crippen LogP contribution is -2.19. The molecule has 0 spiro atoms. The van der Waals surface area contributed by atoms with Gasteiger partial charge in [0.05, 0.1) is 12.2 Å². The Morgan fingerprint density at radius 3 is 2.00 bits per heavy atom. The summed E-state index contributed by atoms with van der Waals surface area (Å²) in [7, 11) is 0. The highest BCUT2D eigenvalue weighted by atomic mass is 16.5. The molecule has 0 aromatic rings. The van der Waals surface area contributed by atoms with Crippen LogP contribution in [0.25, 0.3) is 0 Å². The van der Waals surface area contributed by atoms with Crippen molar-refractivity contribution in [3.8, 4) is 0 Å². The number of carbonyl (C=O) groups is 1. The van der Waals surface area contributed by atoms with E-state index in [-0.39, 0.29) is 5.60 Å². The Morgan fingerprint density at radius 1 is 0.810 bits per heavy atom. The maximum absolute atomic E-state index is 11.7. The summed E-state index contributed by atoms with van der Waals surface area (Å²) in [5.41, 5.74) is 0.270. The topological polar surface area (TPSA) is 35.5 Å². The number of carbonyl (C=O) groups excluding carboxylic acids is 1. The number of hydrogen-bond acceptors (Lipinski definition) is 3. The summed E-state index contributed by atoms with van der Waals surface area (Å²) >= 11 is 0. The van der Waals surface area contributed by atoms with E-state index in [9.17, 15) is 4.79 Å². The van der Waals surface area contributed by atoms with Crippen molar-refractivity contribution in [1.82, 2.24) is 0 Å². The first-order valence-corrected chi connectivity index (χ1v) is 8.33. The van der Waals surface area contributed by atoms with E-state index in [1.54, 1.807) is 0 Å². The number of ether oxygens (including phenoxy) is 2. The quantitative estimate of drug-likeness (QED) is 0.515. The third kappa shape index (κ3) is 17.5. The van der Waals surface area contributed by atoms with E-state index in [0.717, 1.165) is 38.9 Å². The van der Waals surface area contributed by atoms with Crippen LogP contribution in [-0.2, 0) is 14.3 Å². The van der Waals surface area contributed by atoms with Crippen molar-refractivity contribution < 1.29 is 14.3 Å². The molecule has 0 heterocycles. The fourth-order valence-corrected chi connectivity index (χ4v) is 1.91. The minimum absolute atomic E-state index is 0.0552. The molecule has 3 heteroatoms. The normalized spacial score (nSPS) is 12.7. The molecule has 0 rings (SSSR count). The summed E-state index contributed by atoms with van der Waals surface area (Å²) in [5.74, 6) is 0.329. The number of hydrogen-bond donors (Lipinski definition) is 0. The van der Waals surface area contributed by atoms with E-state index in [2.05, 4.69) is 41.5 Å². The van der Waals surface area contributed by atoms with Crippen molar-refractivity contribution in [2.75, 3.05) is 19.8 Å². The fourth-order valence-electron chi connectivity index (χ4n) is 1.91. The van der Waals surface area contributed by atoms with Gasteiger partial charge >= 0.3 is 0 Å². The maximum atomic E-state index is 11.7. The lowest BCUT2D eigenvalue weighted by molar-refractivity contribution is -0.120. The molecule has 0 radical (unpaired) electrons. The summed E-state index contributed by atoms with van der Waals surface area (Å²) in [6.07, 6.45) is 5.35. The molecule has 0 fully saturated rings. The van der Waals surface area contributed by atoms with Crippen molar-refractivity contribution in [2.45, 2.75) is 85.7 Å². The molecule has 126 valence electrons. The van der Waals surface area contributed by atoms with E-state index < -0.39 is 0 Å². The largest absolute Gasteiger partial charge is 0.381 e. The van der Waals surface area contributed by atoms with Crippen molar-refractivity contribution in [1.29, 1.82) is 0 Å². The zero-order valence-electron chi connectivity index (χ0n) is 15.1. The first kappa shape index (κ1) is 20.6. The van der Waals surface area contributed by atoms with Crippen LogP contribution in [0.2, 0.25) is 0 Å². The summed E-state index contributed by atoms with van der Waals surface area (Å²) in [4.78, 5) is 11.7. The van der Waals surface area contributed by atoms with Crippen LogP contribution in [0.1, 0.15) is 80.1 Å². The molecule has 0 saturated heterocycles. The monoisotopic (exact) mass is 300 g/mol. The molecule has 21 heavy (non-hydrogen) atoms. The Morgan fingerprint density at radius 2 is 1.43 bits per heavy atom. The predicted molar refractivity (Wildman–Crippen MR) is 88.7 cm³/mol. The molecule has 0 N–H and O–H groups in total. The molecule has 0 unspecified atom stereocenters. The molecule has 0 aliphatic carbocycles. The van der Waals surface area contributed by atoms with Gasteiger partial charge in [0.1, 0.15) is 5.78 Å². The van der Waals surface area contributed by atoms with Gasteiger partial charge in [0.25, 0.3) is 0 Å². The molecule has 0 aliphatic heterocycles. The van der Waals surface area contributed by atoms with Gasteiger partial charge in [-0.2, -0.15) is 0 Å². The van der Waals surface area contributed by atoms with E-state index >= 15 is 0 Å². The summed E-state index contributed by atoms with van der Waals surface area (Å²) in [6.45, 7) is 14.9. The van der Waals surface area contributed by atoms with Crippen LogP contribution >= 0.6 is 0 Å². The average Bonchev–Trinajstić information content (AvgIpc) is 2.29. The van der Waals surface area contributed by atoms with Gasteiger partial charge in [0, 0.05) is 26.1 Å². The minimum Gasteiger partial charge on any atom is -0.381 e. The van der Waals surface area contributed by atoms with Crippen LogP contribution < -0.4 is 0 Å². The minimum atomic E-state index is -0.0552. The van der Waals surface area contributed by atoms with Gasteiger partial charge in [0.2, 0.25) is 0 Å². The number of ketones is 1. The van der Waals surface area contributed by atoms with E-state index in [0.29, 0.717) is 30.6 Å². The predicted octanol–water partition coefficient (Wildman–Crippen LogP) is 4.77. The second-order valence-corrected chi connectivity index (χ2v) is 7.98. The summed E-state index contributed by atoms with van der Waals surface area (Å²) in [5, 5.41) is 0. The first-order chi connectivity index (χ1) is 9.60. The summed E-state index contributed by atoms with van der Waals surface area (Å²) < 4.78 is 11.1. The fraction of sp³-hybridized carbons (Fsp3) is 0.944. The van der Waals surface area contributed by atoms with Gasteiger partial charge < -0.3 is 9.47 Å². The van der Waals surface area contributed by atoms with Crippen LogP contribution in [0.15, 0.2) is 0 Å². The average molecular weight is 300 g/mol. The number of unbranched alkanes of at least 4 members (excludes halogenated alkanes) is 1. The third-order valence-electron chi connectivity index (χ3n) is 3.13. The molecule has 3 nitrogen and oxygen atoms in total. The Balaban J connectivity index is 3.33. The molecule has 0 saturated carbocycles. The van der Waals surface area contributed by atoms with Crippen molar-refractivity contribution in [3.63, 3.8) is 0 Å². The number of rotatable bonds is 11. The van der Waals surface area contributed by atoms with Gasteiger partial charge in [-0.25, -0.2) is 0 Å². The van der Waals surface area contributed by atoms with Crippen LogP contribution in [0, 0.1) is 5.41 Å². The maximum Gasteiger partial charge on any atom is 0.135 e. The van der Waals surface area contributed by atoms with Crippen LogP contribution in [0.3, 0.4) is 0 Å². The second-order valence-electron chi connectivity index (χ2n) is 7.98. The molecule has 0 aromatic heterocycles. The van der Waals surface area contributed by atoms with Gasteiger partial charge in [-0.1, -0.05) is 20.8 Å². The molecule has 0 aliphatic rings. The van der Waals surface area contributed by atoms with Gasteiger partial charge in [-0.15, -0.1) is 0 Å². The van der Waals surface area contributed by atoms with E-state index in [1.807, 2.05) is 0 Å². The molecule has 0 aromatic carbocycles. The zero-order chi connectivity index (χ0) is 16.4. The van der Waals surface area contributed by atoms with E-state index in [4.69, 9.17) is 9.47 Å². The SMILES string of the molecule is CC(C)(C)CCCC(=O)CCOCCCCOC(C)(C)C. The molecular formula is C18H36O3. The Kier molecular flexibility index (Phi) is 10.1. The smallest absolute Gasteiger partial charge is 0.135 e. The van der Waals surface area contributed by atoms with Gasteiger partial charge in [0.15, 0.2) is 0 Å². The van der Waals surface area contributed by atoms with Crippen molar-refractivity contribution >= 4 is 5.78 Å². The van der Waals surface area contributed by atoms with Crippen molar-refractivity contribution in [2.24, 2.45) is 5.41 Å². The van der Waals surface area contributed by atoms with E-state index in [1.165, 1.54) is 0 Å². The standard InChI is InChI=1S/C18H36O3/c1-17(2,3)12-9-10-16(19)11-15-20-13-7-8-14-21-18(4,5)6/h7-15H2,1-6H3. The second kappa shape index (κ2) is 10.3. The highest BCUT2D eigenvalue weighted by Gasteiger charge is 2.11. The van der Waals surface area contributed by atoms with Gasteiger partial charge in [-0.05, 0) is 51.9 Å². The van der Waals surface area contributed by atoms with Crippen molar-refractivity contribution in [3.05, 3.63) is 0 Å². The van der Waals surface area contributed by atoms with Gasteiger partial charge in [-0.3, -0.25) is 4.79 Å². The highest BCUT2D eigenvalue weighted by Crippen LogP contribution is 2.21. The highest BCUT2D eigenvalue weighted by molar-refractivity contribution is 5.78. The summed E-state index contributed by atoms with van der Waals surface area (Å²) in [6, 6.07) is 0. The number of Topliss-reactive ketones (excluding diaryl/α,β-unsaturated/α-hetero) is 1. The molecule has 0 amide bonds. The lowest BCUT2D eigenvalue weighted by Gasteiger charge is -2.19. The Hall–Kier alpha value is -0.410. The molecular weight excluding hydrogens is 264 g/mol. The van der Waals surface area contributed by atoms with Crippen LogP contribution in [-0.4, -0.2) is 31.2 Å². The molecule has 0 atom stereocenters. The van der Waals surface area contributed by atoms with Crippen LogP contribution in [0.5, 0.6) is 0 Å². The first-order valence-electron chi connectivity index (χ1n) is 8.33.